The van der Waals surface area contributed by atoms with Crippen molar-refractivity contribution in [3.05, 3.63) is 59.7 Å². The summed E-state index contributed by atoms with van der Waals surface area (Å²) < 4.78 is 10.6. The van der Waals surface area contributed by atoms with Crippen molar-refractivity contribution in [2.24, 2.45) is 0 Å². The highest BCUT2D eigenvalue weighted by atomic mass is 16.5. The molecule has 1 aliphatic rings. The second-order valence-corrected chi connectivity index (χ2v) is 4.97. The van der Waals surface area contributed by atoms with E-state index in [-0.39, 0.29) is 0 Å². The van der Waals surface area contributed by atoms with Crippen molar-refractivity contribution in [2.45, 2.75) is 12.3 Å². The van der Waals surface area contributed by atoms with E-state index in [0.29, 0.717) is 19.1 Å². The molecule has 20 heavy (non-hydrogen) atoms. The Kier molecular flexibility index (Phi) is 4.14. The van der Waals surface area contributed by atoms with Crippen LogP contribution in [0.3, 0.4) is 0 Å². The van der Waals surface area contributed by atoms with E-state index < -0.39 is 0 Å². The zero-order chi connectivity index (χ0) is 13.8. The molecule has 1 aliphatic carbocycles. The van der Waals surface area contributed by atoms with Crippen LogP contribution in [0, 0.1) is 12.1 Å². The molecule has 0 N–H and O–H groups in total. The average molecular weight is 266 g/mol. The maximum Gasteiger partial charge on any atom is 0.0700 e. The van der Waals surface area contributed by atoms with Crippen LogP contribution in [0.25, 0.3) is 11.1 Å². The van der Waals surface area contributed by atoms with Gasteiger partial charge in [0, 0.05) is 19.6 Å². The van der Waals surface area contributed by atoms with E-state index in [1.54, 1.807) is 7.11 Å². The molecule has 2 heteroatoms. The predicted molar refractivity (Wildman–Crippen MR) is 78.7 cm³/mol. The summed E-state index contributed by atoms with van der Waals surface area (Å²) >= 11 is 0. The fourth-order valence-corrected chi connectivity index (χ4v) is 2.88. The molecule has 0 saturated carbocycles. The van der Waals surface area contributed by atoms with Gasteiger partial charge in [0.2, 0.25) is 0 Å². The molecule has 0 atom stereocenters. The maximum atomic E-state index is 5.62. The molecule has 3 rings (SSSR count). The van der Waals surface area contributed by atoms with Gasteiger partial charge in [-0.2, -0.15) is 0 Å². The van der Waals surface area contributed by atoms with Crippen LogP contribution in [-0.2, 0) is 9.47 Å². The first-order valence-corrected chi connectivity index (χ1v) is 6.99. The van der Waals surface area contributed by atoms with Gasteiger partial charge in [-0.3, -0.25) is 0 Å². The van der Waals surface area contributed by atoms with Crippen LogP contribution < -0.4 is 0 Å². The molecule has 102 valence electrons. The lowest BCUT2D eigenvalue weighted by atomic mass is 9.94. The quantitative estimate of drug-likeness (QED) is 0.746. The molecule has 0 aromatic heterocycles. The largest absolute Gasteiger partial charge is 0.382 e. The molecular weight excluding hydrogens is 248 g/mol. The zero-order valence-corrected chi connectivity index (χ0v) is 11.7. The van der Waals surface area contributed by atoms with Crippen molar-refractivity contribution >= 4 is 0 Å². The van der Waals surface area contributed by atoms with Crippen LogP contribution in [0.15, 0.2) is 36.4 Å². The topological polar surface area (TPSA) is 18.5 Å². The number of rotatable bonds is 6. The smallest absolute Gasteiger partial charge is 0.0700 e. The fraction of sp³-hybridized carbons (Fsp3) is 0.333. The molecule has 0 fully saturated rings. The van der Waals surface area contributed by atoms with Crippen molar-refractivity contribution in [3.63, 3.8) is 0 Å². The van der Waals surface area contributed by atoms with Crippen molar-refractivity contribution in [1.82, 2.24) is 0 Å². The van der Waals surface area contributed by atoms with E-state index >= 15 is 0 Å². The Bertz CT molecular complexity index is 532. The Balaban J connectivity index is 1.77. The molecule has 0 aliphatic heterocycles. The van der Waals surface area contributed by atoms with Gasteiger partial charge >= 0.3 is 0 Å². The van der Waals surface area contributed by atoms with E-state index in [1.807, 2.05) is 12.1 Å². The van der Waals surface area contributed by atoms with Crippen molar-refractivity contribution in [1.29, 1.82) is 0 Å². The van der Waals surface area contributed by atoms with Gasteiger partial charge in [-0.1, -0.05) is 24.3 Å². The molecule has 0 saturated heterocycles. The van der Waals surface area contributed by atoms with Gasteiger partial charge in [0.05, 0.1) is 13.2 Å². The van der Waals surface area contributed by atoms with Crippen LogP contribution in [-0.4, -0.2) is 26.9 Å². The number of hydrogen-bond donors (Lipinski definition) is 0. The van der Waals surface area contributed by atoms with E-state index in [1.165, 1.54) is 22.3 Å². The summed E-state index contributed by atoms with van der Waals surface area (Å²) in [4.78, 5) is 0. The van der Waals surface area contributed by atoms with Gasteiger partial charge < -0.3 is 9.47 Å². The van der Waals surface area contributed by atoms with Crippen molar-refractivity contribution < 1.29 is 9.47 Å². The number of methoxy groups -OCH3 is 1. The van der Waals surface area contributed by atoms with Gasteiger partial charge in [-0.15, -0.1) is 0 Å². The molecule has 2 aromatic rings. The molecule has 0 bridgehead atoms. The Labute approximate surface area is 120 Å². The average Bonchev–Trinajstić information content (AvgIpc) is 2.82. The summed E-state index contributed by atoms with van der Waals surface area (Å²) in [6.07, 6.45) is 0.986. The van der Waals surface area contributed by atoms with Gasteiger partial charge in [0.15, 0.2) is 0 Å². The first-order chi connectivity index (χ1) is 9.92. The van der Waals surface area contributed by atoms with Crippen LogP contribution in [0.4, 0.5) is 0 Å². The van der Waals surface area contributed by atoms with Crippen molar-refractivity contribution in [2.75, 3.05) is 26.9 Å². The normalized spacial score (nSPS) is 13.2. The Hall–Kier alpha value is -1.64. The van der Waals surface area contributed by atoms with E-state index in [9.17, 15) is 0 Å². The summed E-state index contributed by atoms with van der Waals surface area (Å²) in [5.41, 5.74) is 5.37. The number of benzene rings is 2. The van der Waals surface area contributed by atoms with Gasteiger partial charge in [0.25, 0.3) is 0 Å². The lowest BCUT2D eigenvalue weighted by Crippen LogP contribution is -2.06. The highest BCUT2D eigenvalue weighted by Crippen LogP contribution is 2.45. The molecule has 0 spiro atoms. The minimum atomic E-state index is 0.400. The summed E-state index contributed by atoms with van der Waals surface area (Å²) in [6, 6.07) is 18.9. The summed E-state index contributed by atoms with van der Waals surface area (Å²) in [5, 5.41) is 0. The summed E-state index contributed by atoms with van der Waals surface area (Å²) in [5.74, 6) is 0.400. The Morgan fingerprint density at radius 3 is 2.20 bits per heavy atom. The fourth-order valence-electron chi connectivity index (χ4n) is 2.88. The molecule has 0 amide bonds. The lowest BCUT2D eigenvalue weighted by molar-refractivity contribution is 0.0682. The predicted octanol–water partition coefficient (Wildman–Crippen LogP) is 3.45. The highest BCUT2D eigenvalue weighted by molar-refractivity contribution is 5.78. The number of hydrogen-bond acceptors (Lipinski definition) is 2. The molecule has 2 aromatic carbocycles. The monoisotopic (exact) mass is 266 g/mol. The number of fused-ring (bicyclic) bond motifs is 3. The minimum Gasteiger partial charge on any atom is -0.382 e. The Morgan fingerprint density at radius 1 is 0.950 bits per heavy atom. The third kappa shape index (κ3) is 2.49. The molecule has 2 radical (unpaired) electrons. The van der Waals surface area contributed by atoms with Crippen LogP contribution in [0.1, 0.15) is 23.5 Å². The second kappa shape index (κ2) is 6.21. The zero-order valence-electron chi connectivity index (χ0n) is 11.7. The standard InChI is InChI=1S/C18H18O2/c1-19-12-13-20-11-10-18-16-8-4-2-6-14(16)15-7-3-5-9-17(15)18/h2-3,6-9,18H,10-13H2,1H3. The van der Waals surface area contributed by atoms with Gasteiger partial charge in [0.1, 0.15) is 0 Å². The summed E-state index contributed by atoms with van der Waals surface area (Å²) in [6.45, 7) is 2.06. The molecule has 0 unspecified atom stereocenters. The van der Waals surface area contributed by atoms with E-state index in [4.69, 9.17) is 9.47 Å². The molecule has 0 heterocycles. The third-order valence-corrected chi connectivity index (χ3v) is 3.82. The molecule has 2 nitrogen and oxygen atoms in total. The first kappa shape index (κ1) is 13.3. The highest BCUT2D eigenvalue weighted by Gasteiger charge is 2.27. The van der Waals surface area contributed by atoms with Crippen LogP contribution in [0.5, 0.6) is 0 Å². The van der Waals surface area contributed by atoms with Gasteiger partial charge in [-0.05, 0) is 52.9 Å². The molecular formula is C18H18O2. The van der Waals surface area contributed by atoms with Gasteiger partial charge in [-0.25, -0.2) is 0 Å². The maximum absolute atomic E-state index is 5.62. The van der Waals surface area contributed by atoms with Crippen molar-refractivity contribution in [3.8, 4) is 11.1 Å². The van der Waals surface area contributed by atoms with Crippen LogP contribution >= 0.6 is 0 Å². The second-order valence-electron chi connectivity index (χ2n) is 4.97. The minimum absolute atomic E-state index is 0.400. The SMILES string of the molecule is COCCOCCC1c2c[c]ccc2-c2cc[c]cc21. The lowest BCUT2D eigenvalue weighted by Gasteiger charge is -2.13. The van der Waals surface area contributed by atoms with Crippen LogP contribution in [0.2, 0.25) is 0 Å². The van der Waals surface area contributed by atoms with E-state index in [0.717, 1.165) is 13.0 Å². The summed E-state index contributed by atoms with van der Waals surface area (Å²) in [7, 11) is 1.69. The third-order valence-electron chi connectivity index (χ3n) is 3.82. The van der Waals surface area contributed by atoms with E-state index in [2.05, 4.69) is 36.4 Å². The Morgan fingerprint density at radius 2 is 1.60 bits per heavy atom. The first-order valence-electron chi connectivity index (χ1n) is 6.99. The number of ether oxygens (including phenoxy) is 2.